The van der Waals surface area contributed by atoms with Crippen LogP contribution in [0.5, 0.6) is 0 Å². The summed E-state index contributed by atoms with van der Waals surface area (Å²) in [6.45, 7) is 2.98. The smallest absolute Gasteiger partial charge is 0.251 e. The minimum absolute atomic E-state index is 0.000659. The Kier molecular flexibility index (Phi) is 8.46. The standard InChI is InChI=1S/C26H28ClN3O4S2/c1-18-13-15-35-24(18)16-29-25(31)20-7-5-19(6-8-20)17-30(23-4-2-3-14-28-26(23)32)36(33,34)22-11-9-21(27)10-12-22/h5-13,15,23H,2-4,14,16-17H2,1H3,(H,28,32)(H,29,31)/t23-/m1/s1. The minimum Gasteiger partial charge on any atom is -0.355 e. The number of thiophene rings is 1. The van der Waals surface area contributed by atoms with E-state index in [0.29, 0.717) is 35.7 Å². The first-order valence-electron chi connectivity index (χ1n) is 11.7. The van der Waals surface area contributed by atoms with E-state index in [1.54, 1.807) is 35.6 Å². The van der Waals surface area contributed by atoms with Gasteiger partial charge in [-0.05, 0) is 85.2 Å². The second kappa shape index (κ2) is 11.6. The molecule has 0 radical (unpaired) electrons. The molecule has 1 aromatic heterocycles. The van der Waals surface area contributed by atoms with Crippen molar-refractivity contribution in [3.8, 4) is 0 Å². The number of halogens is 1. The Morgan fingerprint density at radius 1 is 1.11 bits per heavy atom. The van der Waals surface area contributed by atoms with Crippen LogP contribution in [-0.4, -0.2) is 37.1 Å². The molecule has 36 heavy (non-hydrogen) atoms. The zero-order valence-corrected chi connectivity index (χ0v) is 22.3. The molecule has 0 saturated carbocycles. The van der Waals surface area contributed by atoms with Crippen LogP contribution in [0.15, 0.2) is 64.9 Å². The molecule has 1 atom stereocenters. The molecule has 3 aromatic rings. The van der Waals surface area contributed by atoms with Gasteiger partial charge in [-0.2, -0.15) is 4.31 Å². The number of nitrogens with one attached hydrogen (secondary N) is 2. The normalized spacial score (nSPS) is 16.4. The molecule has 4 rings (SSSR count). The third kappa shape index (κ3) is 6.15. The highest BCUT2D eigenvalue weighted by atomic mass is 35.5. The summed E-state index contributed by atoms with van der Waals surface area (Å²) in [5.41, 5.74) is 2.29. The van der Waals surface area contributed by atoms with Crippen molar-refractivity contribution in [2.45, 2.75) is 50.2 Å². The maximum Gasteiger partial charge on any atom is 0.251 e. The van der Waals surface area contributed by atoms with Crippen LogP contribution in [0, 0.1) is 6.92 Å². The van der Waals surface area contributed by atoms with Crippen molar-refractivity contribution in [2.75, 3.05) is 6.54 Å². The summed E-state index contributed by atoms with van der Waals surface area (Å²) in [5, 5.41) is 8.16. The zero-order valence-electron chi connectivity index (χ0n) is 19.9. The van der Waals surface area contributed by atoms with Gasteiger partial charge in [-0.1, -0.05) is 23.7 Å². The van der Waals surface area contributed by atoms with E-state index >= 15 is 0 Å². The molecule has 2 N–H and O–H groups in total. The SMILES string of the molecule is Cc1ccsc1CNC(=O)c1ccc(CN([C@@H]2CCCCNC2=O)S(=O)(=O)c2ccc(Cl)cc2)cc1. The van der Waals surface area contributed by atoms with Gasteiger partial charge in [-0.3, -0.25) is 9.59 Å². The second-order valence-electron chi connectivity index (χ2n) is 8.71. The van der Waals surface area contributed by atoms with E-state index in [2.05, 4.69) is 10.6 Å². The molecule has 2 heterocycles. The Hall–Kier alpha value is -2.72. The van der Waals surface area contributed by atoms with Crippen molar-refractivity contribution in [2.24, 2.45) is 0 Å². The van der Waals surface area contributed by atoms with E-state index in [1.807, 2.05) is 18.4 Å². The van der Waals surface area contributed by atoms with Gasteiger partial charge in [0.2, 0.25) is 15.9 Å². The molecule has 0 aliphatic carbocycles. The first-order valence-corrected chi connectivity index (χ1v) is 14.4. The molecular formula is C26H28ClN3O4S2. The van der Waals surface area contributed by atoms with Crippen LogP contribution in [0.4, 0.5) is 0 Å². The lowest BCUT2D eigenvalue weighted by molar-refractivity contribution is -0.124. The van der Waals surface area contributed by atoms with E-state index in [-0.39, 0.29) is 23.3 Å². The van der Waals surface area contributed by atoms with Crippen molar-refractivity contribution < 1.29 is 18.0 Å². The van der Waals surface area contributed by atoms with Gasteiger partial charge in [0, 0.05) is 28.6 Å². The molecule has 0 bridgehead atoms. The number of hydrogen-bond donors (Lipinski definition) is 2. The molecule has 1 saturated heterocycles. The summed E-state index contributed by atoms with van der Waals surface area (Å²) in [7, 11) is -3.99. The first kappa shape index (κ1) is 26.3. The monoisotopic (exact) mass is 545 g/mol. The van der Waals surface area contributed by atoms with E-state index in [4.69, 9.17) is 11.6 Å². The van der Waals surface area contributed by atoms with Crippen LogP contribution in [0.3, 0.4) is 0 Å². The van der Waals surface area contributed by atoms with Crippen molar-refractivity contribution in [1.82, 2.24) is 14.9 Å². The number of rotatable bonds is 8. The first-order chi connectivity index (χ1) is 17.3. The molecule has 0 spiro atoms. The summed E-state index contributed by atoms with van der Waals surface area (Å²) in [6, 6.07) is 13.9. The largest absolute Gasteiger partial charge is 0.355 e. The second-order valence-corrected chi connectivity index (χ2v) is 12.0. The lowest BCUT2D eigenvalue weighted by Gasteiger charge is -2.29. The maximum absolute atomic E-state index is 13.6. The summed E-state index contributed by atoms with van der Waals surface area (Å²) >= 11 is 7.55. The van der Waals surface area contributed by atoms with Gasteiger partial charge in [0.25, 0.3) is 5.91 Å². The number of benzene rings is 2. The summed E-state index contributed by atoms with van der Waals surface area (Å²) in [4.78, 5) is 26.6. The van der Waals surface area contributed by atoms with Crippen molar-refractivity contribution in [3.05, 3.63) is 86.6 Å². The lowest BCUT2D eigenvalue weighted by atomic mass is 10.1. The predicted octanol–water partition coefficient (Wildman–Crippen LogP) is 4.50. The van der Waals surface area contributed by atoms with Gasteiger partial charge < -0.3 is 10.6 Å². The quantitative estimate of drug-likeness (QED) is 0.435. The fraction of sp³-hybridized carbons (Fsp3) is 0.308. The average Bonchev–Trinajstić information content (AvgIpc) is 3.16. The molecule has 2 aromatic carbocycles. The maximum atomic E-state index is 13.6. The van der Waals surface area contributed by atoms with Crippen LogP contribution in [0.1, 0.15) is 45.6 Å². The number of nitrogens with zero attached hydrogens (tertiary/aromatic N) is 1. The van der Waals surface area contributed by atoms with E-state index in [9.17, 15) is 18.0 Å². The van der Waals surface area contributed by atoms with Gasteiger partial charge in [-0.25, -0.2) is 8.42 Å². The van der Waals surface area contributed by atoms with E-state index < -0.39 is 16.1 Å². The number of aryl methyl sites for hydroxylation is 1. The van der Waals surface area contributed by atoms with E-state index in [1.165, 1.54) is 28.6 Å². The molecule has 1 aliphatic rings. The Bertz CT molecular complexity index is 1320. The van der Waals surface area contributed by atoms with E-state index in [0.717, 1.165) is 23.3 Å². The summed E-state index contributed by atoms with van der Waals surface area (Å²) in [5.74, 6) is -0.506. The van der Waals surface area contributed by atoms with Gasteiger partial charge >= 0.3 is 0 Å². The van der Waals surface area contributed by atoms with Gasteiger partial charge in [0.05, 0.1) is 11.4 Å². The Morgan fingerprint density at radius 3 is 2.50 bits per heavy atom. The fourth-order valence-electron chi connectivity index (χ4n) is 4.09. The third-order valence-electron chi connectivity index (χ3n) is 6.21. The molecule has 7 nitrogen and oxygen atoms in total. The van der Waals surface area contributed by atoms with Crippen LogP contribution in [-0.2, 0) is 27.9 Å². The highest BCUT2D eigenvalue weighted by molar-refractivity contribution is 7.89. The number of carbonyl (C=O) groups is 2. The van der Waals surface area contributed by atoms with Gasteiger partial charge in [0.15, 0.2) is 0 Å². The molecule has 2 amide bonds. The van der Waals surface area contributed by atoms with Crippen LogP contribution in [0.25, 0.3) is 0 Å². The zero-order chi connectivity index (χ0) is 25.7. The number of hydrogen-bond acceptors (Lipinski definition) is 5. The molecule has 1 fully saturated rings. The van der Waals surface area contributed by atoms with Crippen LogP contribution >= 0.6 is 22.9 Å². The van der Waals surface area contributed by atoms with Crippen LogP contribution in [0.2, 0.25) is 5.02 Å². The number of carbonyl (C=O) groups excluding carboxylic acids is 2. The predicted molar refractivity (Wildman–Crippen MR) is 141 cm³/mol. The Balaban J connectivity index is 1.55. The van der Waals surface area contributed by atoms with Gasteiger partial charge in [-0.15, -0.1) is 11.3 Å². The summed E-state index contributed by atoms with van der Waals surface area (Å²) in [6.07, 6.45) is 1.96. The number of sulfonamides is 1. The third-order valence-corrected chi connectivity index (χ3v) is 9.35. The molecule has 1 aliphatic heterocycles. The molecule has 10 heteroatoms. The fourth-order valence-corrected chi connectivity index (χ4v) is 6.67. The van der Waals surface area contributed by atoms with Crippen molar-refractivity contribution in [1.29, 1.82) is 0 Å². The Labute approximate surface area is 220 Å². The average molecular weight is 546 g/mol. The highest BCUT2D eigenvalue weighted by Gasteiger charge is 2.36. The Morgan fingerprint density at radius 2 is 1.83 bits per heavy atom. The molecular weight excluding hydrogens is 518 g/mol. The molecule has 190 valence electrons. The minimum atomic E-state index is -3.99. The van der Waals surface area contributed by atoms with Crippen LogP contribution < -0.4 is 10.6 Å². The highest BCUT2D eigenvalue weighted by Crippen LogP contribution is 2.26. The topological polar surface area (TPSA) is 95.6 Å². The molecule has 0 unspecified atom stereocenters. The van der Waals surface area contributed by atoms with Crippen molar-refractivity contribution in [3.63, 3.8) is 0 Å². The van der Waals surface area contributed by atoms with Gasteiger partial charge in [0.1, 0.15) is 6.04 Å². The number of amides is 2. The summed E-state index contributed by atoms with van der Waals surface area (Å²) < 4.78 is 28.5. The lowest BCUT2D eigenvalue weighted by Crippen LogP contribution is -2.48. The van der Waals surface area contributed by atoms with Crippen molar-refractivity contribution >= 4 is 44.8 Å².